The number of hydrogen-bond acceptors (Lipinski definition) is 5. The summed E-state index contributed by atoms with van der Waals surface area (Å²) in [5.74, 6) is -2.18. The van der Waals surface area contributed by atoms with Crippen LogP contribution in [0.15, 0.2) is 18.2 Å². The highest BCUT2D eigenvalue weighted by Gasteiger charge is 2.42. The van der Waals surface area contributed by atoms with Crippen LogP contribution in [0.25, 0.3) is 11.0 Å². The second-order valence-corrected chi connectivity index (χ2v) is 19.4. The molecule has 1 heterocycles. The molecule has 1 aliphatic carbocycles. The molecule has 0 amide bonds. The van der Waals surface area contributed by atoms with Crippen LogP contribution in [0.4, 0.5) is 8.78 Å². The summed E-state index contributed by atoms with van der Waals surface area (Å²) in [6.07, 6.45) is 0.247. The van der Waals surface area contributed by atoms with Gasteiger partial charge < -0.3 is 13.9 Å². The van der Waals surface area contributed by atoms with Gasteiger partial charge in [-0.25, -0.2) is 13.8 Å². The summed E-state index contributed by atoms with van der Waals surface area (Å²) in [6.45, 7) is 13.3. The van der Waals surface area contributed by atoms with Gasteiger partial charge in [-0.3, -0.25) is 0 Å². The average molecular weight is 525 g/mol. The Morgan fingerprint density at radius 1 is 1.31 bits per heavy atom. The molecule has 1 saturated carbocycles. The third-order valence-corrected chi connectivity index (χ3v) is 9.71. The SMILES string of the molecule is CC(C)(C)[S+]([O-])NC(c1nc2ccc(C#N)cc2n1COCC[Si](C)(C)C)C1CCC(F)(F)CC1. The van der Waals surface area contributed by atoms with Crippen LogP contribution < -0.4 is 4.72 Å². The fraction of sp³-hybridized carbons (Fsp3) is 0.680. The summed E-state index contributed by atoms with van der Waals surface area (Å²) in [4.78, 5) is 4.86. The standard InChI is InChI=1S/C25H38F2N4O2SSi/c1-24(2,3)34(32)30-22(19-9-11-25(26,27)12-10-19)23-29-20-8-7-18(16-28)15-21(20)31(23)17-33-13-14-35(4,5)6/h7-8,15,19,22,30H,9-14,17H2,1-6H3. The zero-order valence-corrected chi connectivity index (χ0v) is 23.5. The van der Waals surface area contributed by atoms with Crippen molar-refractivity contribution in [2.24, 2.45) is 5.92 Å². The molecule has 0 spiro atoms. The molecule has 10 heteroatoms. The van der Waals surface area contributed by atoms with E-state index in [2.05, 4.69) is 30.4 Å². The average Bonchev–Trinajstić information content (AvgIpc) is 3.11. The molecule has 35 heavy (non-hydrogen) atoms. The maximum absolute atomic E-state index is 14.0. The first-order valence-corrected chi connectivity index (χ1v) is 17.1. The van der Waals surface area contributed by atoms with Gasteiger partial charge in [0.1, 0.15) is 23.3 Å². The second kappa shape index (κ2) is 10.8. The largest absolute Gasteiger partial charge is 0.598 e. The topological polar surface area (TPSA) is 85.9 Å². The van der Waals surface area contributed by atoms with Gasteiger partial charge in [0.05, 0.1) is 22.7 Å². The fourth-order valence-corrected chi connectivity index (χ4v) is 5.80. The minimum atomic E-state index is -2.66. The van der Waals surface area contributed by atoms with Gasteiger partial charge in [-0.15, -0.1) is 4.72 Å². The molecule has 1 aromatic heterocycles. The van der Waals surface area contributed by atoms with Gasteiger partial charge in [-0.1, -0.05) is 19.6 Å². The van der Waals surface area contributed by atoms with Gasteiger partial charge in [0, 0.05) is 38.9 Å². The van der Waals surface area contributed by atoms with E-state index in [1.807, 2.05) is 25.3 Å². The van der Waals surface area contributed by atoms with E-state index < -0.39 is 36.1 Å². The van der Waals surface area contributed by atoms with E-state index in [0.717, 1.165) is 11.6 Å². The summed E-state index contributed by atoms with van der Waals surface area (Å²) in [5.41, 5.74) is 1.95. The normalized spacial score (nSPS) is 19.0. The summed E-state index contributed by atoms with van der Waals surface area (Å²) < 4.78 is 51.8. The van der Waals surface area contributed by atoms with Gasteiger partial charge in [0.15, 0.2) is 0 Å². The first-order valence-electron chi connectivity index (χ1n) is 12.2. The van der Waals surface area contributed by atoms with Crippen LogP contribution in [0.5, 0.6) is 0 Å². The van der Waals surface area contributed by atoms with Crippen LogP contribution in [0.2, 0.25) is 25.7 Å². The number of nitriles is 1. The Labute approximate surface area is 211 Å². The van der Waals surface area contributed by atoms with Crippen LogP contribution in [-0.2, 0) is 22.8 Å². The van der Waals surface area contributed by atoms with Crippen molar-refractivity contribution in [2.45, 2.75) is 95.6 Å². The molecular formula is C25H38F2N4O2SSi. The van der Waals surface area contributed by atoms with E-state index in [0.29, 0.717) is 36.4 Å². The Morgan fingerprint density at radius 2 is 1.97 bits per heavy atom. The monoisotopic (exact) mass is 524 g/mol. The quantitative estimate of drug-likeness (QED) is 0.242. The third kappa shape index (κ3) is 7.49. The van der Waals surface area contributed by atoms with Gasteiger partial charge >= 0.3 is 0 Å². The van der Waals surface area contributed by atoms with Gasteiger partial charge in [0.25, 0.3) is 0 Å². The zero-order valence-electron chi connectivity index (χ0n) is 21.7. The first-order chi connectivity index (χ1) is 16.2. The van der Waals surface area contributed by atoms with Gasteiger partial charge in [-0.2, -0.15) is 5.26 Å². The number of nitrogens with one attached hydrogen (secondary N) is 1. The minimum Gasteiger partial charge on any atom is -0.598 e. The molecule has 0 saturated heterocycles. The number of hydrogen-bond donors (Lipinski definition) is 1. The number of ether oxygens (including phenoxy) is 1. The summed E-state index contributed by atoms with van der Waals surface area (Å²) in [6, 6.07) is 7.98. The summed E-state index contributed by atoms with van der Waals surface area (Å²) in [5, 5.41) is 9.44. The smallest absolute Gasteiger partial charge is 0.248 e. The Balaban J connectivity index is 2.01. The van der Waals surface area contributed by atoms with Crippen molar-refractivity contribution in [2.75, 3.05) is 6.61 Å². The van der Waals surface area contributed by atoms with Crippen molar-refractivity contribution in [1.29, 1.82) is 5.26 Å². The van der Waals surface area contributed by atoms with Crippen LogP contribution in [0.1, 0.15) is 63.9 Å². The predicted molar refractivity (Wildman–Crippen MR) is 139 cm³/mol. The van der Waals surface area contributed by atoms with Crippen molar-refractivity contribution in [1.82, 2.24) is 14.3 Å². The molecule has 6 nitrogen and oxygen atoms in total. The van der Waals surface area contributed by atoms with Crippen molar-refractivity contribution >= 4 is 30.5 Å². The summed E-state index contributed by atoms with van der Waals surface area (Å²) in [7, 11) is -1.28. The summed E-state index contributed by atoms with van der Waals surface area (Å²) >= 11 is -1.42. The Bertz CT molecular complexity index is 1050. The van der Waals surface area contributed by atoms with Crippen LogP contribution in [-0.4, -0.2) is 39.5 Å². The highest BCUT2D eigenvalue weighted by Crippen LogP contribution is 2.42. The number of halogens is 2. The molecule has 194 valence electrons. The number of benzene rings is 1. The number of nitrogens with zero attached hydrogens (tertiary/aromatic N) is 3. The van der Waals surface area contributed by atoms with Crippen LogP contribution in [0, 0.1) is 17.2 Å². The predicted octanol–water partition coefficient (Wildman–Crippen LogP) is 6.14. The Hall–Kier alpha value is -1.51. The number of imidazole rings is 1. The maximum Gasteiger partial charge on any atom is 0.248 e. The van der Waals surface area contributed by atoms with Crippen molar-refractivity contribution in [3.05, 3.63) is 29.6 Å². The number of alkyl halides is 2. The van der Waals surface area contributed by atoms with Crippen LogP contribution in [0.3, 0.4) is 0 Å². The van der Waals surface area contributed by atoms with E-state index in [1.165, 1.54) is 0 Å². The lowest BCUT2D eigenvalue weighted by Crippen LogP contribution is -2.45. The third-order valence-electron chi connectivity index (χ3n) is 6.43. The molecule has 2 aromatic rings. The molecule has 2 unspecified atom stereocenters. The molecule has 1 aromatic carbocycles. The lowest BCUT2D eigenvalue weighted by Gasteiger charge is -2.35. The molecule has 3 rings (SSSR count). The first kappa shape index (κ1) is 28.1. The van der Waals surface area contributed by atoms with Gasteiger partial charge in [0.2, 0.25) is 5.92 Å². The molecule has 0 aliphatic heterocycles. The lowest BCUT2D eigenvalue weighted by molar-refractivity contribution is -0.0495. The fourth-order valence-electron chi connectivity index (χ4n) is 4.17. The van der Waals surface area contributed by atoms with Crippen molar-refractivity contribution in [3.63, 3.8) is 0 Å². The molecule has 1 N–H and O–H groups in total. The van der Waals surface area contributed by atoms with Gasteiger partial charge in [-0.05, 0) is 63.8 Å². The van der Waals surface area contributed by atoms with E-state index in [9.17, 15) is 18.6 Å². The Kier molecular flexibility index (Phi) is 8.70. The lowest BCUT2D eigenvalue weighted by atomic mass is 9.82. The van der Waals surface area contributed by atoms with Crippen molar-refractivity contribution in [3.8, 4) is 6.07 Å². The van der Waals surface area contributed by atoms with E-state index >= 15 is 0 Å². The van der Waals surface area contributed by atoms with Crippen LogP contribution >= 0.6 is 0 Å². The van der Waals surface area contributed by atoms with Crippen molar-refractivity contribution < 1.29 is 18.1 Å². The number of aromatic nitrogens is 2. The molecule has 1 fully saturated rings. The highest BCUT2D eigenvalue weighted by atomic mass is 32.2. The number of rotatable bonds is 9. The molecule has 0 radical (unpaired) electrons. The molecule has 1 aliphatic rings. The Morgan fingerprint density at radius 3 is 2.54 bits per heavy atom. The molecule has 2 atom stereocenters. The zero-order chi connectivity index (χ0) is 26.0. The highest BCUT2D eigenvalue weighted by molar-refractivity contribution is 7.90. The maximum atomic E-state index is 14.0. The second-order valence-electron chi connectivity index (χ2n) is 11.7. The molecular weight excluding hydrogens is 486 g/mol. The minimum absolute atomic E-state index is 0.145. The molecule has 0 bridgehead atoms. The van der Waals surface area contributed by atoms with E-state index in [1.54, 1.807) is 18.2 Å². The van der Waals surface area contributed by atoms with E-state index in [-0.39, 0.29) is 25.5 Å². The van der Waals surface area contributed by atoms with E-state index in [4.69, 9.17) is 9.72 Å². The number of fused-ring (bicyclic) bond motifs is 1.